The maximum Gasteiger partial charge on any atom is 0.128 e. The lowest BCUT2D eigenvalue weighted by atomic mass is 10.0. The van der Waals surface area contributed by atoms with E-state index < -0.39 is 0 Å². The SMILES string of the molecule is CCCCCN(CCCCC)C(=N)c1ccc(OC)c2ccccc12.Cl. The second-order valence-corrected chi connectivity index (χ2v) is 6.61. The molecule has 3 nitrogen and oxygen atoms in total. The quantitative estimate of drug-likeness (QED) is 0.301. The predicted molar refractivity (Wildman–Crippen MR) is 115 cm³/mol. The van der Waals surface area contributed by atoms with Crippen LogP contribution in [0.5, 0.6) is 5.75 Å². The van der Waals surface area contributed by atoms with E-state index in [1.165, 1.54) is 25.7 Å². The van der Waals surface area contributed by atoms with Crippen molar-refractivity contribution in [3.8, 4) is 5.75 Å². The van der Waals surface area contributed by atoms with Crippen molar-refractivity contribution in [1.29, 1.82) is 5.41 Å². The van der Waals surface area contributed by atoms with Crippen LogP contribution in [0.4, 0.5) is 0 Å². The minimum atomic E-state index is 0. The first-order valence-electron chi connectivity index (χ1n) is 9.62. The molecule has 26 heavy (non-hydrogen) atoms. The Kier molecular flexibility index (Phi) is 10.1. The minimum Gasteiger partial charge on any atom is -0.496 e. The number of nitrogens with zero attached hydrogens (tertiary/aromatic N) is 1. The first-order chi connectivity index (χ1) is 12.2. The summed E-state index contributed by atoms with van der Waals surface area (Å²) in [5, 5.41) is 11.0. The molecule has 0 heterocycles. The van der Waals surface area contributed by atoms with Crippen molar-refractivity contribution in [3.05, 3.63) is 42.0 Å². The maximum atomic E-state index is 8.85. The lowest BCUT2D eigenvalue weighted by molar-refractivity contribution is 0.389. The molecule has 0 aliphatic rings. The summed E-state index contributed by atoms with van der Waals surface area (Å²) in [6.07, 6.45) is 7.17. The Morgan fingerprint density at radius 3 is 2.00 bits per heavy atom. The summed E-state index contributed by atoms with van der Waals surface area (Å²) < 4.78 is 5.50. The standard InChI is InChI=1S/C22H32N2O.ClH/c1-4-6-10-16-24(17-11-7-5-2)22(23)20-14-15-21(25-3)19-13-9-8-12-18(19)20;/h8-9,12-15,23H,4-7,10-11,16-17H2,1-3H3;1H. The Bertz CT molecular complexity index is 677. The number of fused-ring (bicyclic) bond motifs is 1. The van der Waals surface area contributed by atoms with E-state index in [4.69, 9.17) is 10.1 Å². The zero-order valence-electron chi connectivity index (χ0n) is 16.4. The van der Waals surface area contributed by atoms with E-state index in [1.54, 1.807) is 7.11 Å². The number of rotatable bonds is 10. The molecule has 0 saturated heterocycles. The van der Waals surface area contributed by atoms with Crippen LogP contribution < -0.4 is 4.74 Å². The Morgan fingerprint density at radius 1 is 0.885 bits per heavy atom. The maximum absolute atomic E-state index is 8.85. The molecule has 0 bridgehead atoms. The highest BCUT2D eigenvalue weighted by molar-refractivity contribution is 6.09. The molecule has 0 radical (unpaired) electrons. The average Bonchev–Trinajstić information content (AvgIpc) is 2.65. The summed E-state index contributed by atoms with van der Waals surface area (Å²) in [6, 6.07) is 12.3. The zero-order chi connectivity index (χ0) is 18.1. The summed E-state index contributed by atoms with van der Waals surface area (Å²) in [4.78, 5) is 2.26. The lowest BCUT2D eigenvalue weighted by Crippen LogP contribution is -2.33. The Morgan fingerprint density at radius 2 is 1.46 bits per heavy atom. The van der Waals surface area contributed by atoms with E-state index in [2.05, 4.69) is 30.9 Å². The average molecular weight is 377 g/mol. The molecule has 2 aromatic carbocycles. The smallest absolute Gasteiger partial charge is 0.128 e. The highest BCUT2D eigenvalue weighted by Crippen LogP contribution is 2.29. The zero-order valence-corrected chi connectivity index (χ0v) is 17.2. The predicted octanol–water partition coefficient (Wildman–Crippen LogP) is 6.28. The van der Waals surface area contributed by atoms with Gasteiger partial charge in [-0.15, -0.1) is 12.4 Å². The third-order valence-electron chi connectivity index (χ3n) is 4.74. The molecule has 144 valence electrons. The molecule has 2 rings (SSSR count). The van der Waals surface area contributed by atoms with E-state index in [0.717, 1.165) is 48.0 Å². The Hall–Kier alpha value is -1.74. The van der Waals surface area contributed by atoms with Crippen molar-refractivity contribution in [2.45, 2.75) is 52.4 Å². The van der Waals surface area contributed by atoms with Gasteiger partial charge in [0, 0.05) is 24.0 Å². The van der Waals surface area contributed by atoms with Crippen molar-refractivity contribution in [3.63, 3.8) is 0 Å². The van der Waals surface area contributed by atoms with Gasteiger partial charge in [0.25, 0.3) is 0 Å². The summed E-state index contributed by atoms with van der Waals surface area (Å²) in [5.74, 6) is 1.52. The van der Waals surface area contributed by atoms with Crippen LogP contribution in [-0.4, -0.2) is 30.9 Å². The molecule has 1 N–H and O–H groups in total. The van der Waals surface area contributed by atoms with Gasteiger partial charge in [0.1, 0.15) is 11.6 Å². The van der Waals surface area contributed by atoms with Crippen molar-refractivity contribution in [2.75, 3.05) is 20.2 Å². The largest absolute Gasteiger partial charge is 0.496 e. The Labute approximate surface area is 164 Å². The molecule has 0 aliphatic heterocycles. The molecule has 0 amide bonds. The van der Waals surface area contributed by atoms with Crippen LogP contribution in [0.1, 0.15) is 57.9 Å². The van der Waals surface area contributed by atoms with Gasteiger partial charge in [0.05, 0.1) is 7.11 Å². The van der Waals surface area contributed by atoms with Gasteiger partial charge in [-0.1, -0.05) is 63.8 Å². The van der Waals surface area contributed by atoms with Crippen LogP contribution >= 0.6 is 12.4 Å². The molecule has 0 aliphatic carbocycles. The summed E-state index contributed by atoms with van der Waals surface area (Å²) >= 11 is 0. The number of benzene rings is 2. The number of halogens is 1. The number of methoxy groups -OCH3 is 1. The van der Waals surface area contributed by atoms with Crippen molar-refractivity contribution >= 4 is 29.0 Å². The Balaban J connectivity index is 0.00000338. The van der Waals surface area contributed by atoms with Crippen LogP contribution in [0.2, 0.25) is 0 Å². The van der Waals surface area contributed by atoms with Crippen LogP contribution in [0.15, 0.2) is 36.4 Å². The topological polar surface area (TPSA) is 36.3 Å². The van der Waals surface area contributed by atoms with E-state index in [-0.39, 0.29) is 12.4 Å². The second-order valence-electron chi connectivity index (χ2n) is 6.61. The number of hydrogen-bond donors (Lipinski definition) is 1. The van der Waals surface area contributed by atoms with Gasteiger partial charge in [-0.25, -0.2) is 0 Å². The van der Waals surface area contributed by atoms with Gasteiger partial charge in [0.15, 0.2) is 0 Å². The number of ether oxygens (including phenoxy) is 1. The fourth-order valence-electron chi connectivity index (χ4n) is 3.27. The summed E-state index contributed by atoms with van der Waals surface area (Å²) in [7, 11) is 1.70. The molecule has 4 heteroatoms. The first kappa shape index (κ1) is 22.3. The molecule has 0 atom stereocenters. The van der Waals surface area contributed by atoms with Gasteiger partial charge in [0.2, 0.25) is 0 Å². The monoisotopic (exact) mass is 376 g/mol. The van der Waals surface area contributed by atoms with Crippen molar-refractivity contribution in [1.82, 2.24) is 4.90 Å². The van der Waals surface area contributed by atoms with Gasteiger partial charge in [-0.3, -0.25) is 5.41 Å². The number of unbranched alkanes of at least 4 members (excludes halogenated alkanes) is 4. The number of nitrogens with one attached hydrogen (secondary N) is 1. The molecular formula is C22H33ClN2O. The third-order valence-corrected chi connectivity index (χ3v) is 4.74. The van der Waals surface area contributed by atoms with Crippen LogP contribution in [0.3, 0.4) is 0 Å². The van der Waals surface area contributed by atoms with Gasteiger partial charge >= 0.3 is 0 Å². The minimum absolute atomic E-state index is 0. The van der Waals surface area contributed by atoms with Crippen LogP contribution in [0.25, 0.3) is 10.8 Å². The summed E-state index contributed by atoms with van der Waals surface area (Å²) in [6.45, 7) is 6.39. The third kappa shape index (κ3) is 5.63. The van der Waals surface area contributed by atoms with Crippen molar-refractivity contribution < 1.29 is 4.74 Å². The molecule has 2 aromatic rings. The number of amidine groups is 1. The fraction of sp³-hybridized carbons (Fsp3) is 0.500. The van der Waals surface area contributed by atoms with E-state index in [1.807, 2.05) is 24.3 Å². The van der Waals surface area contributed by atoms with Crippen LogP contribution in [-0.2, 0) is 0 Å². The molecular weight excluding hydrogens is 344 g/mol. The summed E-state index contributed by atoms with van der Waals surface area (Å²) in [5.41, 5.74) is 1.00. The van der Waals surface area contributed by atoms with Crippen molar-refractivity contribution in [2.24, 2.45) is 0 Å². The lowest BCUT2D eigenvalue weighted by Gasteiger charge is -2.26. The molecule has 0 spiro atoms. The molecule has 0 fully saturated rings. The molecule has 0 unspecified atom stereocenters. The van der Waals surface area contributed by atoms with Gasteiger partial charge in [-0.05, 0) is 30.4 Å². The van der Waals surface area contributed by atoms with Crippen LogP contribution in [0, 0.1) is 5.41 Å². The highest BCUT2D eigenvalue weighted by Gasteiger charge is 2.15. The van der Waals surface area contributed by atoms with E-state index in [9.17, 15) is 0 Å². The highest BCUT2D eigenvalue weighted by atomic mass is 35.5. The normalized spacial score (nSPS) is 10.4. The van der Waals surface area contributed by atoms with Gasteiger partial charge in [-0.2, -0.15) is 0 Å². The number of hydrogen-bond acceptors (Lipinski definition) is 2. The first-order valence-corrected chi connectivity index (χ1v) is 9.62. The van der Waals surface area contributed by atoms with E-state index in [0.29, 0.717) is 5.84 Å². The second kappa shape index (κ2) is 11.8. The molecule has 0 saturated carbocycles. The van der Waals surface area contributed by atoms with Gasteiger partial charge < -0.3 is 9.64 Å². The fourth-order valence-corrected chi connectivity index (χ4v) is 3.27. The molecule has 0 aromatic heterocycles. The van der Waals surface area contributed by atoms with E-state index >= 15 is 0 Å².